The maximum atomic E-state index is 12.7. The fourth-order valence-corrected chi connectivity index (χ4v) is 4.72. The number of nitrogens with zero attached hydrogens (tertiary/aromatic N) is 1. The number of hydrogen-bond acceptors (Lipinski definition) is 8. The third kappa shape index (κ3) is 7.61. The fourth-order valence-electron chi connectivity index (χ4n) is 3.32. The summed E-state index contributed by atoms with van der Waals surface area (Å²) in [5, 5.41) is 2.27. The molecule has 1 fully saturated rings. The van der Waals surface area contributed by atoms with E-state index >= 15 is 0 Å². The van der Waals surface area contributed by atoms with Gasteiger partial charge in [0.25, 0.3) is 17.1 Å². The first-order valence-corrected chi connectivity index (χ1v) is 13.4. The van der Waals surface area contributed by atoms with Crippen molar-refractivity contribution in [2.75, 3.05) is 32.2 Å². The third-order valence-corrected chi connectivity index (χ3v) is 7.00. The second kappa shape index (κ2) is 13.0. The molecule has 0 radical (unpaired) electrons. The summed E-state index contributed by atoms with van der Waals surface area (Å²) in [6.07, 6.45) is 1.53. The number of nitrogens with one attached hydrogen (secondary N) is 1. The summed E-state index contributed by atoms with van der Waals surface area (Å²) in [5.41, 5.74) is 3.37. The van der Waals surface area contributed by atoms with Crippen molar-refractivity contribution >= 4 is 62.5 Å². The number of esters is 1. The van der Waals surface area contributed by atoms with E-state index in [-0.39, 0.29) is 29.9 Å². The van der Waals surface area contributed by atoms with Gasteiger partial charge in [0.15, 0.2) is 18.1 Å². The molecule has 38 heavy (non-hydrogen) atoms. The van der Waals surface area contributed by atoms with Crippen molar-refractivity contribution in [3.8, 4) is 11.5 Å². The number of amides is 3. The van der Waals surface area contributed by atoms with Crippen LogP contribution < -0.4 is 14.8 Å². The molecule has 3 rings (SSSR count). The van der Waals surface area contributed by atoms with E-state index < -0.39 is 23.7 Å². The Morgan fingerprint density at radius 3 is 2.50 bits per heavy atom. The number of thioether (sulfide) groups is 1. The normalized spacial score (nSPS) is 14.3. The van der Waals surface area contributed by atoms with Crippen LogP contribution in [0.15, 0.2) is 39.7 Å². The number of rotatable bonds is 10. The lowest BCUT2D eigenvalue weighted by Crippen LogP contribution is -2.34. The van der Waals surface area contributed by atoms with Crippen molar-refractivity contribution in [1.82, 2.24) is 4.90 Å². The van der Waals surface area contributed by atoms with Gasteiger partial charge < -0.3 is 19.5 Å². The molecule has 1 saturated heterocycles. The van der Waals surface area contributed by atoms with E-state index in [1.54, 1.807) is 18.2 Å². The number of methoxy groups -OCH3 is 1. The van der Waals surface area contributed by atoms with Gasteiger partial charge in [-0.15, -0.1) is 0 Å². The molecule has 202 valence electrons. The molecule has 0 atom stereocenters. The maximum Gasteiger partial charge on any atom is 0.326 e. The van der Waals surface area contributed by atoms with Crippen molar-refractivity contribution in [3.05, 3.63) is 56.4 Å². The SMILES string of the molecule is COc1cc(/C=C2/SC(=O)N(CC(=O)OCC(C)C)C2=O)ccc1OCC(=O)Nc1cc(C)c(C)cc1Br. The van der Waals surface area contributed by atoms with Crippen LogP contribution >= 0.6 is 27.7 Å². The van der Waals surface area contributed by atoms with Gasteiger partial charge >= 0.3 is 5.97 Å². The van der Waals surface area contributed by atoms with Gasteiger partial charge in [0.2, 0.25) is 0 Å². The van der Waals surface area contributed by atoms with Crippen LogP contribution in [0.3, 0.4) is 0 Å². The molecule has 0 aromatic heterocycles. The van der Waals surface area contributed by atoms with Crippen molar-refractivity contribution < 1.29 is 33.4 Å². The zero-order valence-corrected chi connectivity index (χ0v) is 24.2. The van der Waals surface area contributed by atoms with Crippen LogP contribution in [-0.4, -0.2) is 54.8 Å². The highest BCUT2D eigenvalue weighted by Gasteiger charge is 2.36. The minimum Gasteiger partial charge on any atom is -0.493 e. The van der Waals surface area contributed by atoms with Crippen LogP contribution in [0.25, 0.3) is 6.08 Å². The van der Waals surface area contributed by atoms with E-state index in [1.165, 1.54) is 13.2 Å². The zero-order valence-electron chi connectivity index (χ0n) is 21.8. The van der Waals surface area contributed by atoms with Gasteiger partial charge in [0.1, 0.15) is 6.54 Å². The first-order valence-electron chi connectivity index (χ1n) is 11.8. The van der Waals surface area contributed by atoms with Crippen LogP contribution in [0.1, 0.15) is 30.5 Å². The fraction of sp³-hybridized carbons (Fsp3) is 0.333. The topological polar surface area (TPSA) is 111 Å². The number of benzene rings is 2. The van der Waals surface area contributed by atoms with Crippen molar-refractivity contribution in [1.29, 1.82) is 0 Å². The molecule has 2 aromatic rings. The Morgan fingerprint density at radius 1 is 1.11 bits per heavy atom. The molecular formula is C27H29BrN2O7S. The number of anilines is 1. The number of carbonyl (C=O) groups is 4. The van der Waals surface area contributed by atoms with E-state index in [0.717, 1.165) is 32.3 Å². The summed E-state index contributed by atoms with van der Waals surface area (Å²) in [6.45, 7) is 7.25. The van der Waals surface area contributed by atoms with Crippen LogP contribution in [0, 0.1) is 19.8 Å². The molecule has 0 bridgehead atoms. The smallest absolute Gasteiger partial charge is 0.326 e. The molecule has 1 aliphatic rings. The molecule has 0 unspecified atom stereocenters. The van der Waals surface area contributed by atoms with Crippen LogP contribution in [0.2, 0.25) is 0 Å². The Bertz CT molecular complexity index is 1290. The van der Waals surface area contributed by atoms with Gasteiger partial charge in [-0.2, -0.15) is 0 Å². The Kier molecular flexibility index (Phi) is 9.98. The lowest BCUT2D eigenvalue weighted by Gasteiger charge is -2.13. The molecule has 0 aliphatic carbocycles. The van der Waals surface area contributed by atoms with E-state index in [2.05, 4.69) is 21.2 Å². The summed E-state index contributed by atoms with van der Waals surface area (Å²) >= 11 is 4.19. The molecule has 0 spiro atoms. The lowest BCUT2D eigenvalue weighted by atomic mass is 10.1. The number of aryl methyl sites for hydroxylation is 2. The molecule has 3 amide bonds. The predicted molar refractivity (Wildman–Crippen MR) is 149 cm³/mol. The number of ether oxygens (including phenoxy) is 3. The van der Waals surface area contributed by atoms with Crippen LogP contribution in [0.5, 0.6) is 11.5 Å². The van der Waals surface area contributed by atoms with Gasteiger partial charge in [-0.05, 0) is 94.5 Å². The summed E-state index contributed by atoms with van der Waals surface area (Å²) in [5.74, 6) is -0.741. The van der Waals surface area contributed by atoms with Gasteiger partial charge in [0.05, 0.1) is 24.3 Å². The Hall–Kier alpha value is -3.31. The van der Waals surface area contributed by atoms with E-state index in [0.29, 0.717) is 22.7 Å². The average molecular weight is 606 g/mol. The maximum absolute atomic E-state index is 12.7. The quantitative estimate of drug-likeness (QED) is 0.286. The van der Waals surface area contributed by atoms with Gasteiger partial charge in [-0.3, -0.25) is 24.1 Å². The molecule has 0 saturated carbocycles. The highest BCUT2D eigenvalue weighted by molar-refractivity contribution is 9.10. The van der Waals surface area contributed by atoms with Gasteiger partial charge in [-0.25, -0.2) is 0 Å². The van der Waals surface area contributed by atoms with Crippen LogP contribution in [-0.2, 0) is 19.1 Å². The van der Waals surface area contributed by atoms with Crippen LogP contribution in [0.4, 0.5) is 10.5 Å². The largest absolute Gasteiger partial charge is 0.493 e. The van der Waals surface area contributed by atoms with Crippen molar-refractivity contribution in [2.45, 2.75) is 27.7 Å². The lowest BCUT2D eigenvalue weighted by molar-refractivity contribution is -0.147. The highest BCUT2D eigenvalue weighted by atomic mass is 79.9. The predicted octanol–water partition coefficient (Wildman–Crippen LogP) is 5.33. The van der Waals surface area contributed by atoms with E-state index in [9.17, 15) is 19.2 Å². The van der Waals surface area contributed by atoms with Gasteiger partial charge in [0, 0.05) is 4.47 Å². The second-order valence-corrected chi connectivity index (χ2v) is 10.9. The van der Waals surface area contributed by atoms with Crippen molar-refractivity contribution in [2.24, 2.45) is 5.92 Å². The Morgan fingerprint density at radius 2 is 1.82 bits per heavy atom. The second-order valence-electron chi connectivity index (χ2n) is 9.01. The third-order valence-electron chi connectivity index (χ3n) is 5.44. The summed E-state index contributed by atoms with van der Waals surface area (Å²) in [7, 11) is 1.45. The highest BCUT2D eigenvalue weighted by Crippen LogP contribution is 2.34. The number of halogens is 1. The number of carbonyl (C=O) groups excluding carboxylic acids is 4. The minimum absolute atomic E-state index is 0.143. The number of imide groups is 1. The average Bonchev–Trinajstić information content (AvgIpc) is 3.12. The first kappa shape index (κ1) is 29.2. The minimum atomic E-state index is -0.640. The number of hydrogen-bond donors (Lipinski definition) is 1. The molecule has 1 heterocycles. The summed E-state index contributed by atoms with van der Waals surface area (Å²) in [4.78, 5) is 50.5. The Balaban J connectivity index is 1.64. The summed E-state index contributed by atoms with van der Waals surface area (Å²) < 4.78 is 16.9. The molecule has 2 aromatic carbocycles. The molecule has 11 heteroatoms. The molecule has 1 aliphatic heterocycles. The molecular weight excluding hydrogens is 576 g/mol. The van der Waals surface area contributed by atoms with Crippen molar-refractivity contribution in [3.63, 3.8) is 0 Å². The van der Waals surface area contributed by atoms with E-state index in [4.69, 9.17) is 14.2 Å². The molecule has 1 N–H and O–H groups in total. The van der Waals surface area contributed by atoms with Gasteiger partial charge in [-0.1, -0.05) is 19.9 Å². The van der Waals surface area contributed by atoms with E-state index in [1.807, 2.05) is 39.8 Å². The monoisotopic (exact) mass is 604 g/mol. The Labute approximate surface area is 234 Å². The summed E-state index contributed by atoms with van der Waals surface area (Å²) in [6, 6.07) is 8.71. The zero-order chi connectivity index (χ0) is 28.0. The molecule has 9 nitrogen and oxygen atoms in total. The first-order chi connectivity index (χ1) is 18.0. The standard InChI is InChI=1S/C27H29BrN2O7S/c1-15(2)13-37-25(32)12-30-26(33)23(38-27(30)34)11-18-6-7-21(22(10-18)35-5)36-14-24(31)29-20-9-17(4)16(3)8-19(20)28/h6-11,15H,12-14H2,1-5H3,(H,29,31)/b23-11+.